The zero-order valence-corrected chi connectivity index (χ0v) is 41.0. The second kappa shape index (κ2) is 18.9. The minimum atomic E-state index is -2.35. The molecular weight excluding hydrogens is 1020 g/mol. The van der Waals surface area contributed by atoms with Gasteiger partial charge in [0.25, 0.3) is 0 Å². The van der Waals surface area contributed by atoms with Crippen molar-refractivity contribution < 1.29 is 27.0 Å². The van der Waals surface area contributed by atoms with E-state index in [0.29, 0.717) is 11.3 Å². The van der Waals surface area contributed by atoms with Crippen LogP contribution in [-0.4, -0.2) is 32.4 Å². The fraction of sp³-hybridized carbons (Fsp3) is 0.207. The van der Waals surface area contributed by atoms with E-state index in [4.69, 9.17) is 11.8 Å². The van der Waals surface area contributed by atoms with E-state index in [1.54, 1.807) is 12.1 Å². The maximum atomic E-state index is 9.04. The fourth-order valence-electron chi connectivity index (χ4n) is 9.21. The van der Waals surface area contributed by atoms with Crippen molar-refractivity contribution in [1.82, 2.24) is 19.1 Å². The molecule has 11 rings (SSSR count). The molecule has 1 saturated carbocycles. The summed E-state index contributed by atoms with van der Waals surface area (Å²) < 4.78 is 46.4. The van der Waals surface area contributed by atoms with E-state index < -0.39 is 26.5 Å². The average molecular weight is 1080 g/mol. The zero-order valence-electron chi connectivity index (χ0n) is 41.5. The Kier molecular flexibility index (Phi) is 11.1. The van der Waals surface area contributed by atoms with E-state index in [1.807, 2.05) is 12.3 Å². The number of hydrogen-bond donors (Lipinski definition) is 0. The van der Waals surface area contributed by atoms with Crippen molar-refractivity contribution in [2.75, 3.05) is 0 Å². The first-order valence-corrected chi connectivity index (χ1v) is 29.6. The van der Waals surface area contributed by atoms with Crippen LogP contribution in [0.15, 0.2) is 164 Å². The van der Waals surface area contributed by atoms with E-state index in [-0.39, 0.29) is 31.6 Å². The van der Waals surface area contributed by atoms with E-state index in [9.17, 15) is 0 Å². The Morgan fingerprint density at radius 2 is 1.39 bits per heavy atom. The molecule has 1 aliphatic rings. The van der Waals surface area contributed by atoms with Crippen LogP contribution in [0.1, 0.15) is 55.6 Å². The standard InChI is InChI=1S/C36H24N3.C22H30GeN.Ir/c1-3-11-25(12-4-1)24-38-35-23-27-14-8-7-13-26(27)22-32(35)37-36(38)28-19-20-34-31(21-28)30-17-9-10-18-33(30)39(34)29-15-5-2-6-16-29;1-17-10-12-19(13-11-17)22-15-20(14-18-8-6-5-7-9-18)21(16-24-22)23(2,3)4;/h1-18,20-23H,24H2;10-12,15-16,18H,5-9,14H2,1-4H3;/q2*-1;/i;1D3,14D2;. The van der Waals surface area contributed by atoms with Crippen LogP contribution < -0.4 is 4.40 Å². The molecule has 7 aromatic carbocycles. The molecule has 10 aromatic rings. The summed E-state index contributed by atoms with van der Waals surface area (Å²) in [6.07, 6.45) is 5.74. The largest absolute Gasteiger partial charge is 0.360 e. The summed E-state index contributed by atoms with van der Waals surface area (Å²) in [7, 11) is 0. The summed E-state index contributed by atoms with van der Waals surface area (Å²) in [5.41, 5.74) is 10.2. The summed E-state index contributed by atoms with van der Waals surface area (Å²) in [5, 5.41) is 4.84. The fourth-order valence-corrected chi connectivity index (χ4v) is 12.2. The van der Waals surface area contributed by atoms with E-state index >= 15 is 0 Å². The van der Waals surface area contributed by atoms with Crippen molar-refractivity contribution in [2.24, 2.45) is 5.92 Å². The molecule has 6 heteroatoms. The number of hydrogen-bond acceptors (Lipinski definition) is 2. The molecule has 4 nitrogen and oxygen atoms in total. The van der Waals surface area contributed by atoms with Gasteiger partial charge in [-0.25, -0.2) is 0 Å². The first-order chi connectivity index (χ1) is 32.7. The second-order valence-electron chi connectivity index (χ2n) is 17.9. The Bertz CT molecular complexity index is 3410. The van der Waals surface area contributed by atoms with Crippen LogP contribution >= 0.6 is 0 Å². The Morgan fingerprint density at radius 3 is 2.12 bits per heavy atom. The van der Waals surface area contributed by atoms with Crippen molar-refractivity contribution in [3.8, 4) is 28.3 Å². The number of pyridine rings is 1. The van der Waals surface area contributed by atoms with Gasteiger partial charge in [0.15, 0.2) is 0 Å². The monoisotopic (exact) mass is 1080 g/mol. The number of benzene rings is 7. The molecule has 0 N–H and O–H groups in total. The number of imidazole rings is 1. The molecule has 3 heterocycles. The quantitative estimate of drug-likeness (QED) is 0.112. The summed E-state index contributed by atoms with van der Waals surface area (Å²) in [6.45, 7) is -1.42. The molecule has 0 amide bonds. The number of rotatable bonds is 8. The Hall–Kier alpha value is -5.59. The molecule has 0 saturated heterocycles. The molecular formula is C58H54GeIrN4-2. The molecule has 1 fully saturated rings. The summed E-state index contributed by atoms with van der Waals surface area (Å²) >= 11 is -2.35. The minimum Gasteiger partial charge on any atom is -0.360 e. The second-order valence-corrected chi connectivity index (χ2v) is 28.4. The average Bonchev–Trinajstić information content (AvgIpc) is 3.88. The number of para-hydroxylation sites is 2. The number of nitrogens with zero attached hydrogens (tertiary/aromatic N) is 4. The van der Waals surface area contributed by atoms with Crippen LogP contribution in [0.25, 0.3) is 71.9 Å². The number of fused-ring (bicyclic) bond motifs is 5. The van der Waals surface area contributed by atoms with Crippen LogP contribution in [0.2, 0.25) is 17.3 Å². The van der Waals surface area contributed by atoms with Gasteiger partial charge in [-0.15, -0.1) is 23.8 Å². The summed E-state index contributed by atoms with van der Waals surface area (Å²) in [6, 6.07) is 60.5. The van der Waals surface area contributed by atoms with Gasteiger partial charge in [0.1, 0.15) is 0 Å². The number of aryl methyl sites for hydroxylation is 1. The normalized spacial score (nSPS) is 14.8. The number of aromatic nitrogens is 4. The molecule has 0 atom stereocenters. The van der Waals surface area contributed by atoms with Gasteiger partial charge < -0.3 is 9.13 Å². The predicted octanol–water partition coefficient (Wildman–Crippen LogP) is 14.3. The molecule has 1 radical (unpaired) electrons. The van der Waals surface area contributed by atoms with Gasteiger partial charge in [0.05, 0.1) is 16.9 Å². The third kappa shape index (κ3) is 9.04. The van der Waals surface area contributed by atoms with Crippen LogP contribution in [0.3, 0.4) is 0 Å². The molecule has 0 spiro atoms. The molecule has 0 bridgehead atoms. The maximum Gasteiger partial charge on any atom is 0.0777 e. The molecule has 64 heavy (non-hydrogen) atoms. The Morgan fingerprint density at radius 1 is 0.688 bits per heavy atom. The maximum absolute atomic E-state index is 9.04. The topological polar surface area (TPSA) is 35.6 Å². The van der Waals surface area contributed by atoms with Crippen molar-refractivity contribution in [1.29, 1.82) is 0 Å². The van der Waals surface area contributed by atoms with Crippen molar-refractivity contribution in [3.05, 3.63) is 193 Å². The van der Waals surface area contributed by atoms with Gasteiger partial charge in [-0.3, -0.25) is 4.98 Å². The first-order valence-electron chi connectivity index (χ1n) is 24.7. The zero-order chi connectivity index (χ0) is 47.2. The van der Waals surface area contributed by atoms with Crippen LogP contribution in [-0.2, 0) is 33.0 Å². The summed E-state index contributed by atoms with van der Waals surface area (Å²) in [4.78, 5) is 9.84. The third-order valence-corrected chi connectivity index (χ3v) is 16.7. The molecule has 0 aliphatic heterocycles. The molecule has 321 valence electrons. The molecule has 3 aromatic heterocycles. The Balaban J connectivity index is 0.000000178. The van der Waals surface area contributed by atoms with Crippen molar-refractivity contribution in [2.45, 2.75) is 69.1 Å². The van der Waals surface area contributed by atoms with Crippen LogP contribution in [0.5, 0.6) is 0 Å². The Labute approximate surface area is 401 Å². The van der Waals surface area contributed by atoms with Crippen LogP contribution in [0.4, 0.5) is 0 Å². The minimum absolute atomic E-state index is 0. The van der Waals surface area contributed by atoms with Gasteiger partial charge in [-0.1, -0.05) is 96.4 Å². The molecule has 1 aliphatic carbocycles. The first kappa shape index (κ1) is 37.8. The van der Waals surface area contributed by atoms with E-state index in [0.717, 1.165) is 75.8 Å². The van der Waals surface area contributed by atoms with E-state index in [1.165, 1.54) is 45.1 Å². The SMILES string of the molecule is [2H]C([2H])([2H])c1c[c-]c(-c2cc(C([2H])([2H])C3CCCCC3)[c]([Ge]([CH3])([CH3])[CH3])cn2)cc1.[Ir].[c-]1cc2c(cc1-c1nc3cc4ccccc4cc3n1Cc1ccccc1)c1ccccc1n2-c1ccccc1. The van der Waals surface area contributed by atoms with Crippen molar-refractivity contribution in [3.63, 3.8) is 0 Å². The van der Waals surface area contributed by atoms with Gasteiger partial charge in [-0.05, 0) is 57.6 Å². The van der Waals surface area contributed by atoms with Gasteiger partial charge in [-0.2, -0.15) is 0 Å². The molecule has 0 unspecified atom stereocenters. The van der Waals surface area contributed by atoms with Gasteiger partial charge in [0, 0.05) is 37.9 Å². The summed E-state index contributed by atoms with van der Waals surface area (Å²) in [5.74, 6) is 7.79. The van der Waals surface area contributed by atoms with Crippen LogP contribution in [0, 0.1) is 24.9 Å². The predicted molar refractivity (Wildman–Crippen MR) is 268 cm³/mol. The third-order valence-electron chi connectivity index (χ3n) is 12.4. The van der Waals surface area contributed by atoms with Crippen molar-refractivity contribution >= 4 is 61.3 Å². The van der Waals surface area contributed by atoms with Gasteiger partial charge >= 0.3 is 157 Å². The van der Waals surface area contributed by atoms with E-state index in [2.05, 4.69) is 177 Å². The smallest absolute Gasteiger partial charge is 0.0777 e. The van der Waals surface area contributed by atoms with Gasteiger partial charge in [0.2, 0.25) is 0 Å².